The Labute approximate surface area is 82.8 Å². The van der Waals surface area contributed by atoms with E-state index < -0.39 is 12.0 Å². The van der Waals surface area contributed by atoms with Crippen molar-refractivity contribution in [3.63, 3.8) is 0 Å². The number of benzene rings is 1. The third-order valence-corrected chi connectivity index (χ3v) is 2.82. The Balaban J connectivity index is 2.36. The molecule has 0 aliphatic carbocycles. The van der Waals surface area contributed by atoms with E-state index in [1.165, 1.54) is 5.56 Å². The van der Waals surface area contributed by atoms with Gasteiger partial charge in [0.1, 0.15) is 6.04 Å². The standard InChI is InChI=1S/C11H13NO2/c1-7-9-5-3-2-4-8(9)6-12-10(7)11(13)14/h2-5,7,10,12H,6H2,1H3,(H,13,14)/t7-,10-/m1/s1. The zero-order valence-corrected chi connectivity index (χ0v) is 8.03. The number of carboxylic acids is 1. The molecule has 1 aromatic carbocycles. The number of fused-ring (bicyclic) bond motifs is 1. The van der Waals surface area contributed by atoms with E-state index >= 15 is 0 Å². The molecule has 0 unspecified atom stereocenters. The second kappa shape index (κ2) is 3.42. The molecule has 2 rings (SSSR count). The summed E-state index contributed by atoms with van der Waals surface area (Å²) in [4.78, 5) is 10.9. The van der Waals surface area contributed by atoms with Crippen molar-refractivity contribution in [1.29, 1.82) is 0 Å². The van der Waals surface area contributed by atoms with Crippen LogP contribution in [0.5, 0.6) is 0 Å². The number of hydrogen-bond acceptors (Lipinski definition) is 2. The van der Waals surface area contributed by atoms with E-state index in [1.807, 2.05) is 31.2 Å². The fraction of sp³-hybridized carbons (Fsp3) is 0.364. The molecule has 74 valence electrons. The Hall–Kier alpha value is -1.35. The van der Waals surface area contributed by atoms with Crippen molar-refractivity contribution in [1.82, 2.24) is 5.32 Å². The average Bonchev–Trinajstić information content (AvgIpc) is 2.18. The van der Waals surface area contributed by atoms with Crippen LogP contribution in [0.15, 0.2) is 24.3 Å². The minimum atomic E-state index is -0.771. The zero-order chi connectivity index (χ0) is 10.1. The van der Waals surface area contributed by atoms with E-state index in [0.717, 1.165) is 5.56 Å². The molecule has 0 aromatic heterocycles. The maximum atomic E-state index is 10.9. The molecule has 1 aliphatic heterocycles. The molecule has 0 saturated carbocycles. The SMILES string of the molecule is C[C@@H]1c2ccccc2CN[C@H]1C(=O)O. The molecule has 1 aliphatic rings. The van der Waals surface area contributed by atoms with Crippen LogP contribution < -0.4 is 5.32 Å². The Morgan fingerprint density at radius 3 is 2.93 bits per heavy atom. The lowest BCUT2D eigenvalue weighted by Gasteiger charge is -2.29. The molecule has 3 nitrogen and oxygen atoms in total. The van der Waals surface area contributed by atoms with E-state index in [1.54, 1.807) is 0 Å². The first-order valence-corrected chi connectivity index (χ1v) is 4.74. The van der Waals surface area contributed by atoms with E-state index in [4.69, 9.17) is 5.11 Å². The number of hydrogen-bond donors (Lipinski definition) is 2. The van der Waals surface area contributed by atoms with Crippen molar-refractivity contribution in [2.24, 2.45) is 0 Å². The first-order valence-electron chi connectivity index (χ1n) is 4.74. The fourth-order valence-electron chi connectivity index (χ4n) is 2.02. The number of nitrogens with one attached hydrogen (secondary N) is 1. The number of carbonyl (C=O) groups is 1. The summed E-state index contributed by atoms with van der Waals surface area (Å²) >= 11 is 0. The molecular formula is C11H13NO2. The van der Waals surface area contributed by atoms with Gasteiger partial charge in [0.25, 0.3) is 0 Å². The molecule has 2 atom stereocenters. The monoisotopic (exact) mass is 191 g/mol. The highest BCUT2D eigenvalue weighted by Gasteiger charge is 2.30. The summed E-state index contributed by atoms with van der Waals surface area (Å²) in [6.45, 7) is 2.60. The highest BCUT2D eigenvalue weighted by Crippen LogP contribution is 2.27. The van der Waals surface area contributed by atoms with Crippen LogP contribution in [0.4, 0.5) is 0 Å². The number of aliphatic carboxylic acids is 1. The molecular weight excluding hydrogens is 178 g/mol. The molecule has 0 fully saturated rings. The van der Waals surface area contributed by atoms with E-state index in [-0.39, 0.29) is 5.92 Å². The first-order chi connectivity index (χ1) is 6.70. The smallest absolute Gasteiger partial charge is 0.321 e. The summed E-state index contributed by atoms with van der Waals surface area (Å²) in [6, 6.07) is 7.53. The molecule has 1 aromatic rings. The van der Waals surface area contributed by atoms with Gasteiger partial charge in [-0.25, -0.2) is 0 Å². The molecule has 0 spiro atoms. The van der Waals surface area contributed by atoms with Crippen LogP contribution in [0.1, 0.15) is 24.0 Å². The normalized spacial score (nSPS) is 25.5. The minimum Gasteiger partial charge on any atom is -0.480 e. The highest BCUT2D eigenvalue weighted by molar-refractivity contribution is 5.75. The molecule has 3 heteroatoms. The zero-order valence-electron chi connectivity index (χ0n) is 8.03. The first kappa shape index (κ1) is 9.21. The van der Waals surface area contributed by atoms with Gasteiger partial charge in [0.05, 0.1) is 0 Å². The van der Waals surface area contributed by atoms with Gasteiger partial charge in [0, 0.05) is 12.5 Å². The van der Waals surface area contributed by atoms with Crippen LogP contribution in [-0.2, 0) is 11.3 Å². The maximum absolute atomic E-state index is 10.9. The van der Waals surface area contributed by atoms with Crippen LogP contribution >= 0.6 is 0 Å². The Kier molecular flexibility index (Phi) is 2.25. The van der Waals surface area contributed by atoms with Gasteiger partial charge in [-0.1, -0.05) is 31.2 Å². The summed E-state index contributed by atoms with van der Waals surface area (Å²) in [6.07, 6.45) is 0. The maximum Gasteiger partial charge on any atom is 0.321 e. The van der Waals surface area contributed by atoms with Crippen molar-refractivity contribution < 1.29 is 9.90 Å². The predicted molar refractivity (Wildman–Crippen MR) is 53.1 cm³/mol. The molecule has 0 saturated heterocycles. The van der Waals surface area contributed by atoms with Crippen LogP contribution in [0, 0.1) is 0 Å². The van der Waals surface area contributed by atoms with Gasteiger partial charge in [-0.05, 0) is 11.1 Å². The topological polar surface area (TPSA) is 49.3 Å². The molecule has 0 amide bonds. The Morgan fingerprint density at radius 1 is 1.50 bits per heavy atom. The quantitative estimate of drug-likeness (QED) is 0.704. The molecule has 0 bridgehead atoms. The summed E-state index contributed by atoms with van der Waals surface area (Å²) in [7, 11) is 0. The van der Waals surface area contributed by atoms with Crippen LogP contribution in [0.25, 0.3) is 0 Å². The van der Waals surface area contributed by atoms with Crippen LogP contribution in [0.2, 0.25) is 0 Å². The third kappa shape index (κ3) is 1.40. The lowest BCUT2D eigenvalue weighted by Crippen LogP contribution is -2.43. The summed E-state index contributed by atoms with van der Waals surface area (Å²) in [5.41, 5.74) is 2.36. The lowest BCUT2D eigenvalue weighted by molar-refractivity contribution is -0.140. The molecule has 1 heterocycles. The van der Waals surface area contributed by atoms with Gasteiger partial charge in [-0.15, -0.1) is 0 Å². The summed E-state index contributed by atoms with van der Waals surface area (Å²) in [5.74, 6) is -0.732. The highest BCUT2D eigenvalue weighted by atomic mass is 16.4. The van der Waals surface area contributed by atoms with Gasteiger partial charge >= 0.3 is 5.97 Å². The van der Waals surface area contributed by atoms with Gasteiger partial charge < -0.3 is 5.11 Å². The molecule has 2 N–H and O–H groups in total. The van der Waals surface area contributed by atoms with E-state index in [0.29, 0.717) is 6.54 Å². The van der Waals surface area contributed by atoms with Crippen molar-refractivity contribution in [2.75, 3.05) is 0 Å². The van der Waals surface area contributed by atoms with Crippen LogP contribution in [-0.4, -0.2) is 17.1 Å². The third-order valence-electron chi connectivity index (χ3n) is 2.82. The van der Waals surface area contributed by atoms with Gasteiger partial charge in [-0.3, -0.25) is 10.1 Å². The van der Waals surface area contributed by atoms with Gasteiger partial charge in [-0.2, -0.15) is 0 Å². The second-order valence-electron chi connectivity index (χ2n) is 3.68. The summed E-state index contributed by atoms with van der Waals surface area (Å²) in [5, 5.41) is 12.0. The van der Waals surface area contributed by atoms with E-state index in [2.05, 4.69) is 5.32 Å². The fourth-order valence-corrected chi connectivity index (χ4v) is 2.02. The molecule has 0 radical (unpaired) electrons. The summed E-state index contributed by atoms with van der Waals surface area (Å²) < 4.78 is 0. The number of carboxylic acid groups (broad SMARTS) is 1. The Bertz CT molecular complexity index is 362. The van der Waals surface area contributed by atoms with Crippen LogP contribution in [0.3, 0.4) is 0 Å². The van der Waals surface area contributed by atoms with Crippen molar-refractivity contribution in [3.05, 3.63) is 35.4 Å². The van der Waals surface area contributed by atoms with Crippen molar-refractivity contribution >= 4 is 5.97 Å². The average molecular weight is 191 g/mol. The van der Waals surface area contributed by atoms with Crippen molar-refractivity contribution in [2.45, 2.75) is 25.4 Å². The lowest BCUT2D eigenvalue weighted by atomic mass is 9.86. The van der Waals surface area contributed by atoms with Gasteiger partial charge in [0.2, 0.25) is 0 Å². The van der Waals surface area contributed by atoms with Crippen molar-refractivity contribution in [3.8, 4) is 0 Å². The van der Waals surface area contributed by atoms with Gasteiger partial charge in [0.15, 0.2) is 0 Å². The molecule has 14 heavy (non-hydrogen) atoms. The van der Waals surface area contributed by atoms with E-state index in [9.17, 15) is 4.79 Å². The number of rotatable bonds is 1. The Morgan fingerprint density at radius 2 is 2.21 bits per heavy atom. The predicted octanol–water partition coefficient (Wildman–Crippen LogP) is 1.35. The minimum absolute atomic E-state index is 0.0393. The second-order valence-corrected chi connectivity index (χ2v) is 3.68. The largest absolute Gasteiger partial charge is 0.480 e.